The lowest BCUT2D eigenvalue weighted by atomic mass is 9.93. The van der Waals surface area contributed by atoms with Crippen molar-refractivity contribution < 1.29 is 9.90 Å². The van der Waals surface area contributed by atoms with Crippen LogP contribution in [0.4, 0.5) is 5.82 Å². The van der Waals surface area contributed by atoms with E-state index in [4.69, 9.17) is 4.98 Å². The highest BCUT2D eigenvalue weighted by Crippen LogP contribution is 2.30. The lowest BCUT2D eigenvalue weighted by Gasteiger charge is -2.23. The summed E-state index contributed by atoms with van der Waals surface area (Å²) in [6.45, 7) is 5.80. The van der Waals surface area contributed by atoms with Crippen LogP contribution in [0.15, 0.2) is 42.5 Å². The van der Waals surface area contributed by atoms with Gasteiger partial charge in [0, 0.05) is 31.2 Å². The smallest absolute Gasteiger partial charge is 0.304 e. The van der Waals surface area contributed by atoms with Crippen LogP contribution < -0.4 is 5.32 Å². The van der Waals surface area contributed by atoms with Crippen LogP contribution >= 0.6 is 0 Å². The van der Waals surface area contributed by atoms with Gasteiger partial charge in [-0.2, -0.15) is 5.10 Å². The maximum atomic E-state index is 11.7. The summed E-state index contributed by atoms with van der Waals surface area (Å²) in [7, 11) is 0. The SMILES string of the molecule is Cc1cc(-c2cccc(C(CC(=O)O)CN3CC[C@@H](CCc4ccc5c(n4)NCCC5)C3)c2)[nH]n1. The van der Waals surface area contributed by atoms with E-state index >= 15 is 0 Å². The number of hydrogen-bond acceptors (Lipinski definition) is 5. The largest absolute Gasteiger partial charge is 0.481 e. The lowest BCUT2D eigenvalue weighted by Crippen LogP contribution is -2.28. The molecular weight excluding hydrogens is 438 g/mol. The van der Waals surface area contributed by atoms with Crippen LogP contribution in [-0.4, -0.2) is 57.3 Å². The molecule has 7 nitrogen and oxygen atoms in total. The van der Waals surface area contributed by atoms with Gasteiger partial charge in [0.25, 0.3) is 0 Å². The van der Waals surface area contributed by atoms with Gasteiger partial charge in [0.15, 0.2) is 0 Å². The van der Waals surface area contributed by atoms with E-state index in [1.54, 1.807) is 0 Å². The molecule has 0 aliphatic carbocycles. The minimum Gasteiger partial charge on any atom is -0.481 e. The third-order valence-corrected chi connectivity index (χ3v) is 7.41. The highest BCUT2D eigenvalue weighted by atomic mass is 16.4. The Balaban J connectivity index is 1.20. The standard InChI is InChI=1S/C28H35N5O2/c1-19-14-26(32-31-19)23-5-2-4-22(15-23)24(16-27(34)35)18-33-13-11-20(17-33)7-9-25-10-8-21-6-3-12-29-28(21)30-25/h2,4-5,8,10,14-15,20,24H,3,6-7,9,11-13,16-18H2,1H3,(H,29,30)(H,31,32)(H,34,35)/t20-,24?/m1/s1. The van der Waals surface area contributed by atoms with E-state index in [-0.39, 0.29) is 12.3 Å². The van der Waals surface area contributed by atoms with Gasteiger partial charge < -0.3 is 15.3 Å². The van der Waals surface area contributed by atoms with Gasteiger partial charge in [-0.25, -0.2) is 4.98 Å². The van der Waals surface area contributed by atoms with E-state index in [1.165, 1.54) is 17.7 Å². The monoisotopic (exact) mass is 473 g/mol. The number of aromatic nitrogens is 3. The van der Waals surface area contributed by atoms with E-state index in [1.807, 2.05) is 25.1 Å². The number of carboxylic acid groups (broad SMARTS) is 1. The molecular formula is C28H35N5O2. The van der Waals surface area contributed by atoms with Crippen molar-refractivity contribution in [1.29, 1.82) is 0 Å². The van der Waals surface area contributed by atoms with Gasteiger partial charge in [0.2, 0.25) is 0 Å². The molecule has 1 unspecified atom stereocenters. The Morgan fingerprint density at radius 2 is 2.17 bits per heavy atom. The average Bonchev–Trinajstić information content (AvgIpc) is 3.51. The normalized spacial score (nSPS) is 18.7. The number of H-pyrrole nitrogens is 1. The Morgan fingerprint density at radius 3 is 3.00 bits per heavy atom. The van der Waals surface area contributed by atoms with Gasteiger partial charge in [-0.05, 0) is 86.4 Å². The number of rotatable bonds is 9. The van der Waals surface area contributed by atoms with Crippen molar-refractivity contribution in [2.45, 2.75) is 51.4 Å². The molecule has 0 amide bonds. The number of carboxylic acids is 1. The van der Waals surface area contributed by atoms with E-state index in [0.717, 1.165) is 80.2 Å². The summed E-state index contributed by atoms with van der Waals surface area (Å²) in [5.74, 6) is 0.917. The Bertz CT molecular complexity index is 1170. The topological polar surface area (TPSA) is 94.1 Å². The van der Waals surface area contributed by atoms with Gasteiger partial charge in [0.05, 0.1) is 17.8 Å². The first-order valence-corrected chi connectivity index (χ1v) is 12.8. The van der Waals surface area contributed by atoms with Crippen LogP contribution in [0.1, 0.15) is 54.1 Å². The first kappa shape index (κ1) is 23.5. The molecule has 0 radical (unpaired) electrons. The molecule has 7 heteroatoms. The van der Waals surface area contributed by atoms with Crippen molar-refractivity contribution in [3.05, 3.63) is 65.0 Å². The van der Waals surface area contributed by atoms with Crippen molar-refractivity contribution in [2.75, 3.05) is 31.5 Å². The molecule has 0 bridgehead atoms. The van der Waals surface area contributed by atoms with Crippen molar-refractivity contribution >= 4 is 11.8 Å². The number of benzene rings is 1. The second-order valence-corrected chi connectivity index (χ2v) is 10.1. The molecule has 1 saturated heterocycles. The fraction of sp³-hybridized carbons (Fsp3) is 0.464. The number of aromatic amines is 1. The molecule has 2 aromatic heterocycles. The van der Waals surface area contributed by atoms with E-state index in [9.17, 15) is 9.90 Å². The summed E-state index contributed by atoms with van der Waals surface area (Å²) in [4.78, 5) is 19.0. The highest BCUT2D eigenvalue weighted by molar-refractivity contribution is 5.68. The number of nitrogens with one attached hydrogen (secondary N) is 2. The van der Waals surface area contributed by atoms with E-state index in [0.29, 0.717) is 5.92 Å². The molecule has 0 spiro atoms. The number of hydrogen-bond donors (Lipinski definition) is 3. The van der Waals surface area contributed by atoms with Crippen LogP contribution in [0.25, 0.3) is 11.3 Å². The van der Waals surface area contributed by atoms with Crippen molar-refractivity contribution in [3.63, 3.8) is 0 Å². The molecule has 2 aliphatic heterocycles. The molecule has 0 saturated carbocycles. The third-order valence-electron chi connectivity index (χ3n) is 7.41. The van der Waals surface area contributed by atoms with Gasteiger partial charge in [-0.1, -0.05) is 24.3 Å². The summed E-state index contributed by atoms with van der Waals surface area (Å²) in [6.07, 6.45) is 5.73. The first-order chi connectivity index (χ1) is 17.0. The number of aliphatic carboxylic acids is 1. The molecule has 3 aromatic rings. The summed E-state index contributed by atoms with van der Waals surface area (Å²) in [6, 6.07) is 14.7. The van der Waals surface area contributed by atoms with Gasteiger partial charge in [-0.3, -0.25) is 9.89 Å². The predicted molar refractivity (Wildman–Crippen MR) is 138 cm³/mol. The average molecular weight is 474 g/mol. The predicted octanol–water partition coefficient (Wildman–Crippen LogP) is 4.65. The van der Waals surface area contributed by atoms with Crippen LogP contribution in [0.2, 0.25) is 0 Å². The second-order valence-electron chi connectivity index (χ2n) is 10.1. The molecule has 3 N–H and O–H groups in total. The zero-order valence-electron chi connectivity index (χ0n) is 20.5. The lowest BCUT2D eigenvalue weighted by molar-refractivity contribution is -0.137. The Labute approximate surface area is 207 Å². The highest BCUT2D eigenvalue weighted by Gasteiger charge is 2.27. The Kier molecular flexibility index (Phi) is 7.13. The molecule has 184 valence electrons. The number of carbonyl (C=O) groups is 1. The molecule has 2 aliphatic rings. The fourth-order valence-corrected chi connectivity index (χ4v) is 5.51. The van der Waals surface area contributed by atoms with Crippen LogP contribution in [0.5, 0.6) is 0 Å². The second kappa shape index (κ2) is 10.6. The number of likely N-dealkylation sites (tertiary alicyclic amines) is 1. The van der Waals surface area contributed by atoms with Crippen molar-refractivity contribution in [1.82, 2.24) is 20.1 Å². The van der Waals surface area contributed by atoms with Gasteiger partial charge in [-0.15, -0.1) is 0 Å². The Hall–Kier alpha value is -3.19. The Morgan fingerprint density at radius 1 is 1.26 bits per heavy atom. The molecule has 1 fully saturated rings. The molecule has 35 heavy (non-hydrogen) atoms. The fourth-order valence-electron chi connectivity index (χ4n) is 5.51. The summed E-state index contributed by atoms with van der Waals surface area (Å²) in [5, 5.41) is 20.3. The van der Waals surface area contributed by atoms with Crippen molar-refractivity contribution in [3.8, 4) is 11.3 Å². The molecule has 1 aromatic carbocycles. The maximum Gasteiger partial charge on any atom is 0.304 e. The summed E-state index contributed by atoms with van der Waals surface area (Å²) < 4.78 is 0. The van der Waals surface area contributed by atoms with Crippen LogP contribution in [0.3, 0.4) is 0 Å². The van der Waals surface area contributed by atoms with Crippen molar-refractivity contribution in [2.24, 2.45) is 5.92 Å². The number of aryl methyl sites for hydroxylation is 3. The van der Waals surface area contributed by atoms with E-state index < -0.39 is 5.97 Å². The van der Waals surface area contributed by atoms with Crippen LogP contribution in [-0.2, 0) is 17.6 Å². The quantitative estimate of drug-likeness (QED) is 0.419. The minimum atomic E-state index is -0.749. The summed E-state index contributed by atoms with van der Waals surface area (Å²) in [5.41, 5.74) is 6.54. The number of fused-ring (bicyclic) bond motifs is 1. The van der Waals surface area contributed by atoms with Gasteiger partial charge in [0.1, 0.15) is 5.82 Å². The molecule has 2 atom stereocenters. The van der Waals surface area contributed by atoms with Gasteiger partial charge >= 0.3 is 5.97 Å². The number of nitrogens with zero attached hydrogens (tertiary/aromatic N) is 3. The number of pyridine rings is 1. The van der Waals surface area contributed by atoms with Crippen LogP contribution in [0, 0.1) is 12.8 Å². The molecule has 4 heterocycles. The zero-order valence-corrected chi connectivity index (χ0v) is 20.5. The molecule has 5 rings (SSSR count). The third kappa shape index (κ3) is 5.90. The van der Waals surface area contributed by atoms with E-state index in [2.05, 4.69) is 44.7 Å². The number of anilines is 1. The maximum absolute atomic E-state index is 11.7. The first-order valence-electron chi connectivity index (χ1n) is 12.8. The minimum absolute atomic E-state index is 0.0383. The zero-order chi connectivity index (χ0) is 24.2. The summed E-state index contributed by atoms with van der Waals surface area (Å²) >= 11 is 0.